The van der Waals surface area contributed by atoms with Crippen molar-refractivity contribution >= 4 is 0 Å². The standard InChI is InChI=1S/C20H25N3O2/c1-4-6-15-8-10-16(11-9-15)19(14(2)3)21-13-18-22-20(23-25-18)17-7-5-12-24-17/h5,7-12,14,19,21H,4,6,13H2,1-3H3. The Morgan fingerprint density at radius 2 is 1.92 bits per heavy atom. The van der Waals surface area contributed by atoms with Gasteiger partial charge in [-0.1, -0.05) is 56.6 Å². The molecule has 5 heteroatoms. The molecule has 0 aliphatic rings. The van der Waals surface area contributed by atoms with Crippen LogP contribution in [0.2, 0.25) is 0 Å². The Balaban J connectivity index is 1.66. The minimum Gasteiger partial charge on any atom is -0.461 e. The first-order chi connectivity index (χ1) is 12.2. The van der Waals surface area contributed by atoms with E-state index in [2.05, 4.69) is 60.5 Å². The number of aryl methyl sites for hydroxylation is 1. The van der Waals surface area contributed by atoms with Crippen LogP contribution in [0.25, 0.3) is 11.6 Å². The van der Waals surface area contributed by atoms with E-state index >= 15 is 0 Å². The fraction of sp³-hybridized carbons (Fsp3) is 0.400. The predicted molar refractivity (Wildman–Crippen MR) is 96.9 cm³/mol. The van der Waals surface area contributed by atoms with Crippen molar-refractivity contribution in [3.63, 3.8) is 0 Å². The van der Waals surface area contributed by atoms with Crippen molar-refractivity contribution in [2.45, 2.75) is 46.2 Å². The molecule has 3 rings (SSSR count). The summed E-state index contributed by atoms with van der Waals surface area (Å²) in [5.41, 5.74) is 2.66. The van der Waals surface area contributed by atoms with Gasteiger partial charge in [0.05, 0.1) is 12.8 Å². The molecular weight excluding hydrogens is 314 g/mol. The highest BCUT2D eigenvalue weighted by molar-refractivity contribution is 5.44. The maximum absolute atomic E-state index is 5.32. The molecule has 1 N–H and O–H groups in total. The maximum Gasteiger partial charge on any atom is 0.241 e. The monoisotopic (exact) mass is 339 g/mol. The van der Waals surface area contributed by atoms with Gasteiger partial charge in [-0.2, -0.15) is 4.98 Å². The van der Waals surface area contributed by atoms with Gasteiger partial charge in [0.15, 0.2) is 5.76 Å². The zero-order valence-corrected chi connectivity index (χ0v) is 15.0. The molecule has 1 aromatic carbocycles. The summed E-state index contributed by atoms with van der Waals surface area (Å²) < 4.78 is 10.6. The Labute approximate surface area is 148 Å². The average molecular weight is 339 g/mol. The topological polar surface area (TPSA) is 64.1 Å². The number of nitrogens with zero attached hydrogens (tertiary/aromatic N) is 2. The number of hydrogen-bond acceptors (Lipinski definition) is 5. The second-order valence-corrected chi connectivity index (χ2v) is 6.58. The van der Waals surface area contributed by atoms with Crippen LogP contribution in [-0.4, -0.2) is 10.1 Å². The van der Waals surface area contributed by atoms with Gasteiger partial charge in [-0.25, -0.2) is 0 Å². The van der Waals surface area contributed by atoms with Crippen molar-refractivity contribution in [3.05, 3.63) is 59.7 Å². The number of rotatable bonds is 8. The summed E-state index contributed by atoms with van der Waals surface area (Å²) in [4.78, 5) is 4.38. The first-order valence-corrected chi connectivity index (χ1v) is 8.86. The van der Waals surface area contributed by atoms with Crippen molar-refractivity contribution in [2.24, 2.45) is 5.92 Å². The van der Waals surface area contributed by atoms with Gasteiger partial charge in [0.25, 0.3) is 0 Å². The van der Waals surface area contributed by atoms with E-state index in [-0.39, 0.29) is 6.04 Å². The molecule has 0 saturated heterocycles. The first-order valence-electron chi connectivity index (χ1n) is 8.86. The molecule has 0 amide bonds. The van der Waals surface area contributed by atoms with Crippen LogP contribution in [0.4, 0.5) is 0 Å². The average Bonchev–Trinajstić information content (AvgIpc) is 3.27. The molecule has 0 saturated carbocycles. The molecule has 0 fully saturated rings. The Kier molecular flexibility index (Phi) is 5.66. The molecule has 0 aliphatic heterocycles. The van der Waals surface area contributed by atoms with E-state index in [1.807, 2.05) is 6.07 Å². The largest absolute Gasteiger partial charge is 0.461 e. The van der Waals surface area contributed by atoms with E-state index in [0.29, 0.717) is 29.9 Å². The quantitative estimate of drug-likeness (QED) is 0.640. The first kappa shape index (κ1) is 17.4. The summed E-state index contributed by atoms with van der Waals surface area (Å²) in [7, 11) is 0. The van der Waals surface area contributed by atoms with Gasteiger partial charge in [0.1, 0.15) is 0 Å². The molecule has 0 bridgehead atoms. The lowest BCUT2D eigenvalue weighted by atomic mass is 9.94. The molecule has 0 aliphatic carbocycles. The van der Waals surface area contributed by atoms with Crippen LogP contribution < -0.4 is 5.32 Å². The van der Waals surface area contributed by atoms with Crippen LogP contribution in [0, 0.1) is 5.92 Å². The van der Waals surface area contributed by atoms with Crippen LogP contribution in [0.15, 0.2) is 51.6 Å². The zero-order chi connectivity index (χ0) is 17.6. The van der Waals surface area contributed by atoms with Gasteiger partial charge >= 0.3 is 0 Å². The number of aromatic nitrogens is 2. The summed E-state index contributed by atoms with van der Waals surface area (Å²) in [6, 6.07) is 12.7. The summed E-state index contributed by atoms with van der Waals surface area (Å²) in [5.74, 6) is 2.10. The zero-order valence-electron chi connectivity index (χ0n) is 15.0. The Morgan fingerprint density at radius 3 is 2.56 bits per heavy atom. The molecule has 5 nitrogen and oxygen atoms in total. The van der Waals surface area contributed by atoms with E-state index in [1.54, 1.807) is 12.3 Å². The lowest BCUT2D eigenvalue weighted by Gasteiger charge is -2.22. The molecular formula is C20H25N3O2. The van der Waals surface area contributed by atoms with Gasteiger partial charge in [0, 0.05) is 6.04 Å². The third-order valence-corrected chi connectivity index (χ3v) is 4.23. The van der Waals surface area contributed by atoms with Crippen molar-refractivity contribution < 1.29 is 8.94 Å². The molecule has 0 spiro atoms. The van der Waals surface area contributed by atoms with E-state index in [1.165, 1.54) is 17.5 Å². The van der Waals surface area contributed by atoms with Crippen molar-refractivity contribution in [1.29, 1.82) is 0 Å². The fourth-order valence-electron chi connectivity index (χ4n) is 2.95. The van der Waals surface area contributed by atoms with Crippen LogP contribution in [0.3, 0.4) is 0 Å². The molecule has 1 unspecified atom stereocenters. The highest BCUT2D eigenvalue weighted by Gasteiger charge is 2.17. The lowest BCUT2D eigenvalue weighted by Crippen LogP contribution is -2.25. The SMILES string of the molecule is CCCc1ccc(C(NCc2nc(-c3ccco3)no2)C(C)C)cc1. The molecule has 2 aromatic heterocycles. The van der Waals surface area contributed by atoms with E-state index in [9.17, 15) is 0 Å². The third-order valence-electron chi connectivity index (χ3n) is 4.23. The number of hydrogen-bond donors (Lipinski definition) is 1. The van der Waals surface area contributed by atoms with Gasteiger partial charge in [0.2, 0.25) is 11.7 Å². The van der Waals surface area contributed by atoms with Crippen LogP contribution in [0.5, 0.6) is 0 Å². The van der Waals surface area contributed by atoms with Crippen LogP contribution in [0.1, 0.15) is 50.3 Å². The highest BCUT2D eigenvalue weighted by atomic mass is 16.5. The fourth-order valence-corrected chi connectivity index (χ4v) is 2.95. The smallest absolute Gasteiger partial charge is 0.241 e. The molecule has 2 heterocycles. The Hall–Kier alpha value is -2.40. The van der Waals surface area contributed by atoms with Gasteiger partial charge in [-0.15, -0.1) is 0 Å². The molecule has 1 atom stereocenters. The Morgan fingerprint density at radius 1 is 1.12 bits per heavy atom. The summed E-state index contributed by atoms with van der Waals surface area (Å²) >= 11 is 0. The van der Waals surface area contributed by atoms with E-state index in [4.69, 9.17) is 8.94 Å². The minimum absolute atomic E-state index is 0.231. The molecule has 3 aromatic rings. The van der Waals surface area contributed by atoms with Crippen LogP contribution >= 0.6 is 0 Å². The van der Waals surface area contributed by atoms with E-state index in [0.717, 1.165) is 6.42 Å². The maximum atomic E-state index is 5.32. The second-order valence-electron chi connectivity index (χ2n) is 6.58. The van der Waals surface area contributed by atoms with Gasteiger partial charge in [-0.3, -0.25) is 0 Å². The van der Waals surface area contributed by atoms with Crippen LogP contribution in [-0.2, 0) is 13.0 Å². The molecule has 25 heavy (non-hydrogen) atoms. The highest BCUT2D eigenvalue weighted by Crippen LogP contribution is 2.23. The number of benzene rings is 1. The molecule has 132 valence electrons. The minimum atomic E-state index is 0.231. The van der Waals surface area contributed by atoms with Gasteiger partial charge < -0.3 is 14.3 Å². The molecule has 0 radical (unpaired) electrons. The lowest BCUT2D eigenvalue weighted by molar-refractivity contribution is 0.337. The van der Waals surface area contributed by atoms with E-state index < -0.39 is 0 Å². The normalized spacial score (nSPS) is 12.6. The van der Waals surface area contributed by atoms with Crippen molar-refractivity contribution in [2.75, 3.05) is 0 Å². The summed E-state index contributed by atoms with van der Waals surface area (Å²) in [5, 5.41) is 7.50. The Bertz CT molecular complexity index is 761. The number of nitrogens with one attached hydrogen (secondary N) is 1. The third kappa shape index (κ3) is 4.37. The predicted octanol–water partition coefficient (Wildman–Crippen LogP) is 4.77. The second kappa shape index (κ2) is 8.12. The van der Waals surface area contributed by atoms with Gasteiger partial charge in [-0.05, 0) is 35.6 Å². The summed E-state index contributed by atoms with van der Waals surface area (Å²) in [6.07, 6.45) is 3.89. The van der Waals surface area contributed by atoms with Crippen molar-refractivity contribution in [1.82, 2.24) is 15.5 Å². The van der Waals surface area contributed by atoms with Crippen molar-refractivity contribution in [3.8, 4) is 11.6 Å². The number of furan rings is 1. The summed E-state index contributed by atoms with van der Waals surface area (Å²) in [6.45, 7) is 7.14.